The molecule has 21 heavy (non-hydrogen) atoms. The van der Waals surface area contributed by atoms with Gasteiger partial charge in [-0.3, -0.25) is 4.79 Å². The predicted octanol–water partition coefficient (Wildman–Crippen LogP) is 1.95. The highest BCUT2D eigenvalue weighted by atomic mass is 16.5. The molecule has 0 spiro atoms. The van der Waals surface area contributed by atoms with Crippen LogP contribution in [0, 0.1) is 0 Å². The standard InChI is InChI=1S/C15H14N4O2/c1-11(20)12-2-4-14(5-3-12)21-9-7-13-6-8-16-15-17-10-18-19(13)15/h2-6,8,10H,7,9H2,1H3. The number of hydrogen-bond acceptors (Lipinski definition) is 5. The first-order valence-corrected chi connectivity index (χ1v) is 6.61. The van der Waals surface area contributed by atoms with Crippen LogP contribution in [0.3, 0.4) is 0 Å². The van der Waals surface area contributed by atoms with E-state index in [1.54, 1.807) is 41.9 Å². The van der Waals surface area contributed by atoms with Gasteiger partial charge < -0.3 is 4.74 Å². The van der Waals surface area contributed by atoms with Crippen molar-refractivity contribution in [2.75, 3.05) is 6.61 Å². The largest absolute Gasteiger partial charge is 0.493 e. The highest BCUT2D eigenvalue weighted by molar-refractivity contribution is 5.94. The summed E-state index contributed by atoms with van der Waals surface area (Å²) in [4.78, 5) is 19.3. The number of carbonyl (C=O) groups excluding carboxylic acids is 1. The van der Waals surface area contributed by atoms with Gasteiger partial charge in [-0.15, -0.1) is 0 Å². The van der Waals surface area contributed by atoms with Crippen LogP contribution in [0.15, 0.2) is 42.9 Å². The lowest BCUT2D eigenvalue weighted by Gasteiger charge is -2.07. The Labute approximate surface area is 121 Å². The normalized spacial score (nSPS) is 10.7. The molecule has 106 valence electrons. The molecule has 0 atom stereocenters. The molecule has 0 saturated carbocycles. The molecular formula is C15H14N4O2. The van der Waals surface area contributed by atoms with E-state index >= 15 is 0 Å². The molecule has 3 rings (SSSR count). The third kappa shape index (κ3) is 2.89. The molecule has 0 radical (unpaired) electrons. The van der Waals surface area contributed by atoms with E-state index in [4.69, 9.17) is 4.74 Å². The fourth-order valence-corrected chi connectivity index (χ4v) is 2.04. The maximum atomic E-state index is 11.2. The number of nitrogens with zero attached hydrogens (tertiary/aromatic N) is 4. The molecule has 0 aliphatic rings. The molecule has 6 nitrogen and oxygen atoms in total. The van der Waals surface area contributed by atoms with Crippen molar-refractivity contribution in [1.82, 2.24) is 19.6 Å². The Kier molecular flexibility index (Phi) is 3.59. The van der Waals surface area contributed by atoms with Crippen molar-refractivity contribution >= 4 is 11.6 Å². The lowest BCUT2D eigenvalue weighted by Crippen LogP contribution is -2.07. The van der Waals surface area contributed by atoms with Gasteiger partial charge in [-0.25, -0.2) is 9.50 Å². The van der Waals surface area contributed by atoms with Crippen molar-refractivity contribution in [2.45, 2.75) is 13.3 Å². The number of ether oxygens (including phenoxy) is 1. The first kappa shape index (κ1) is 13.2. The zero-order valence-electron chi connectivity index (χ0n) is 11.6. The number of ketones is 1. The Bertz CT molecular complexity index is 765. The van der Waals surface area contributed by atoms with Gasteiger partial charge >= 0.3 is 0 Å². The van der Waals surface area contributed by atoms with Gasteiger partial charge in [-0.05, 0) is 37.3 Å². The topological polar surface area (TPSA) is 69.4 Å². The lowest BCUT2D eigenvalue weighted by atomic mass is 10.1. The number of benzene rings is 1. The van der Waals surface area contributed by atoms with Crippen molar-refractivity contribution in [2.24, 2.45) is 0 Å². The van der Waals surface area contributed by atoms with E-state index in [1.165, 1.54) is 6.33 Å². The molecule has 2 aromatic heterocycles. The van der Waals surface area contributed by atoms with Crippen molar-refractivity contribution in [3.05, 3.63) is 54.1 Å². The van der Waals surface area contributed by atoms with E-state index in [2.05, 4.69) is 15.1 Å². The highest BCUT2D eigenvalue weighted by Crippen LogP contribution is 2.13. The average Bonchev–Trinajstić information content (AvgIpc) is 2.97. The molecule has 0 N–H and O–H groups in total. The van der Waals surface area contributed by atoms with Crippen LogP contribution >= 0.6 is 0 Å². The van der Waals surface area contributed by atoms with Gasteiger partial charge in [-0.1, -0.05) is 0 Å². The van der Waals surface area contributed by atoms with E-state index in [0.29, 0.717) is 24.4 Å². The third-order valence-corrected chi connectivity index (χ3v) is 3.15. The average molecular weight is 282 g/mol. The summed E-state index contributed by atoms with van der Waals surface area (Å²) in [5.74, 6) is 1.37. The predicted molar refractivity (Wildman–Crippen MR) is 76.4 cm³/mol. The molecule has 0 fully saturated rings. The molecule has 0 amide bonds. The molecule has 2 heterocycles. The summed E-state index contributed by atoms with van der Waals surface area (Å²) in [5, 5.41) is 4.13. The summed E-state index contributed by atoms with van der Waals surface area (Å²) in [6.45, 7) is 2.06. The molecule has 3 aromatic rings. The van der Waals surface area contributed by atoms with Gasteiger partial charge in [0.1, 0.15) is 12.1 Å². The molecule has 6 heteroatoms. The molecule has 0 aliphatic heterocycles. The Morgan fingerprint density at radius 1 is 1.19 bits per heavy atom. The van der Waals surface area contributed by atoms with E-state index in [0.717, 1.165) is 11.4 Å². The monoisotopic (exact) mass is 282 g/mol. The zero-order chi connectivity index (χ0) is 14.7. The van der Waals surface area contributed by atoms with E-state index in [1.807, 2.05) is 6.07 Å². The summed E-state index contributed by atoms with van der Waals surface area (Å²) in [6, 6.07) is 9.02. The molecule has 0 saturated heterocycles. The van der Waals surface area contributed by atoms with Gasteiger partial charge in [0, 0.05) is 18.2 Å². The van der Waals surface area contributed by atoms with Crippen molar-refractivity contribution in [1.29, 1.82) is 0 Å². The Balaban J connectivity index is 1.63. The maximum Gasteiger partial charge on any atom is 0.252 e. The minimum Gasteiger partial charge on any atom is -0.493 e. The summed E-state index contributed by atoms with van der Waals surface area (Å²) in [6.07, 6.45) is 3.88. The van der Waals surface area contributed by atoms with Crippen LogP contribution in [0.25, 0.3) is 5.78 Å². The molecular weight excluding hydrogens is 268 g/mol. The number of hydrogen-bond donors (Lipinski definition) is 0. The second-order valence-electron chi connectivity index (χ2n) is 4.59. The Morgan fingerprint density at radius 3 is 2.76 bits per heavy atom. The fraction of sp³-hybridized carbons (Fsp3) is 0.200. The van der Waals surface area contributed by atoms with Crippen molar-refractivity contribution < 1.29 is 9.53 Å². The van der Waals surface area contributed by atoms with Gasteiger partial charge in [-0.2, -0.15) is 10.1 Å². The van der Waals surface area contributed by atoms with E-state index < -0.39 is 0 Å². The second kappa shape index (κ2) is 5.70. The fourth-order valence-electron chi connectivity index (χ4n) is 2.04. The third-order valence-electron chi connectivity index (χ3n) is 3.15. The number of Topliss-reactive ketones (excluding diaryl/α,β-unsaturated/α-hetero) is 1. The lowest BCUT2D eigenvalue weighted by molar-refractivity contribution is 0.101. The van der Waals surface area contributed by atoms with Gasteiger partial charge in [0.15, 0.2) is 5.78 Å². The maximum absolute atomic E-state index is 11.2. The second-order valence-corrected chi connectivity index (χ2v) is 4.59. The number of aromatic nitrogens is 4. The smallest absolute Gasteiger partial charge is 0.252 e. The zero-order valence-corrected chi connectivity index (χ0v) is 11.6. The van der Waals surface area contributed by atoms with Crippen LogP contribution in [-0.4, -0.2) is 32.0 Å². The summed E-state index contributed by atoms with van der Waals surface area (Å²) in [7, 11) is 0. The molecule has 1 aromatic carbocycles. The summed E-state index contributed by atoms with van der Waals surface area (Å²) < 4.78 is 7.37. The first-order valence-electron chi connectivity index (χ1n) is 6.61. The van der Waals surface area contributed by atoms with Crippen LogP contribution in [0.4, 0.5) is 0 Å². The quantitative estimate of drug-likeness (QED) is 0.669. The Hall–Kier alpha value is -2.76. The number of carbonyl (C=O) groups is 1. The van der Waals surface area contributed by atoms with Crippen LogP contribution in [0.2, 0.25) is 0 Å². The van der Waals surface area contributed by atoms with Gasteiger partial charge in [0.2, 0.25) is 0 Å². The minimum absolute atomic E-state index is 0.0481. The number of fused-ring (bicyclic) bond motifs is 1. The summed E-state index contributed by atoms with van der Waals surface area (Å²) in [5.41, 5.74) is 1.67. The molecule has 0 unspecified atom stereocenters. The SMILES string of the molecule is CC(=O)c1ccc(OCCc2ccnc3ncnn23)cc1. The van der Waals surface area contributed by atoms with Crippen molar-refractivity contribution in [3.8, 4) is 5.75 Å². The molecule has 0 aliphatic carbocycles. The van der Waals surface area contributed by atoms with E-state index in [9.17, 15) is 4.79 Å². The number of rotatable bonds is 5. The van der Waals surface area contributed by atoms with Gasteiger partial charge in [0.25, 0.3) is 5.78 Å². The molecule has 0 bridgehead atoms. The minimum atomic E-state index is 0.0481. The van der Waals surface area contributed by atoms with Crippen LogP contribution in [-0.2, 0) is 6.42 Å². The van der Waals surface area contributed by atoms with Crippen LogP contribution in [0.1, 0.15) is 23.0 Å². The summed E-state index contributed by atoms with van der Waals surface area (Å²) >= 11 is 0. The van der Waals surface area contributed by atoms with Crippen molar-refractivity contribution in [3.63, 3.8) is 0 Å². The van der Waals surface area contributed by atoms with E-state index in [-0.39, 0.29) is 5.78 Å². The van der Waals surface area contributed by atoms with Crippen LogP contribution in [0.5, 0.6) is 5.75 Å². The highest BCUT2D eigenvalue weighted by Gasteiger charge is 2.04. The van der Waals surface area contributed by atoms with Crippen LogP contribution < -0.4 is 4.74 Å². The Morgan fingerprint density at radius 2 is 2.00 bits per heavy atom. The van der Waals surface area contributed by atoms with Gasteiger partial charge in [0.05, 0.1) is 12.3 Å². The first-order chi connectivity index (χ1) is 10.2.